The van der Waals surface area contributed by atoms with Gasteiger partial charge in [-0.15, -0.1) is 0 Å². The number of rotatable bonds is 1. The molecule has 1 aliphatic rings. The predicted octanol–water partition coefficient (Wildman–Crippen LogP) is 0.961. The van der Waals surface area contributed by atoms with Crippen molar-refractivity contribution < 1.29 is 5.11 Å². The minimum atomic E-state index is -0.179. The average Bonchev–Trinajstić information content (AvgIpc) is 2.53. The largest absolute Gasteiger partial charge is 0.391 e. The lowest BCUT2D eigenvalue weighted by atomic mass is 10.3. The number of nitrogens with zero attached hydrogens (tertiary/aromatic N) is 2. The molecule has 0 unspecified atom stereocenters. The second kappa shape index (κ2) is 3.34. The van der Waals surface area contributed by atoms with E-state index in [0.29, 0.717) is 0 Å². The van der Waals surface area contributed by atoms with Gasteiger partial charge < -0.3 is 10.0 Å². The van der Waals surface area contributed by atoms with Gasteiger partial charge in [-0.1, -0.05) is 6.07 Å². The molecule has 0 radical (unpaired) electrons. The molecule has 0 aromatic carbocycles. The van der Waals surface area contributed by atoms with Crippen molar-refractivity contribution in [1.82, 2.24) is 4.98 Å². The topological polar surface area (TPSA) is 36.4 Å². The van der Waals surface area contributed by atoms with Gasteiger partial charge in [0.25, 0.3) is 0 Å². The first-order chi connectivity index (χ1) is 6.27. The molecule has 1 aliphatic heterocycles. The maximum atomic E-state index is 9.38. The lowest BCUT2D eigenvalue weighted by Crippen LogP contribution is -2.22. The molecule has 0 aliphatic carbocycles. The van der Waals surface area contributed by atoms with Gasteiger partial charge in [0, 0.05) is 19.3 Å². The summed E-state index contributed by atoms with van der Waals surface area (Å²) in [5, 5.41) is 9.38. The summed E-state index contributed by atoms with van der Waals surface area (Å²) in [6.07, 6.45) is 2.48. The fraction of sp³-hybridized carbons (Fsp3) is 0.500. The number of anilines is 1. The molecule has 2 rings (SSSR count). The molecule has 1 saturated heterocycles. The zero-order valence-electron chi connectivity index (χ0n) is 7.77. The van der Waals surface area contributed by atoms with Crippen LogP contribution in [-0.4, -0.2) is 29.3 Å². The molecule has 1 fully saturated rings. The molecule has 3 nitrogen and oxygen atoms in total. The third kappa shape index (κ3) is 1.65. The van der Waals surface area contributed by atoms with Crippen molar-refractivity contribution in [1.29, 1.82) is 0 Å². The summed E-state index contributed by atoms with van der Waals surface area (Å²) in [4.78, 5) is 6.45. The van der Waals surface area contributed by atoms with Gasteiger partial charge >= 0.3 is 0 Å². The van der Waals surface area contributed by atoms with E-state index in [1.807, 2.05) is 19.1 Å². The zero-order valence-corrected chi connectivity index (χ0v) is 7.77. The SMILES string of the molecule is Cc1cccnc1N1CC[C@H](O)C1. The maximum Gasteiger partial charge on any atom is 0.131 e. The number of aliphatic hydroxyl groups excluding tert-OH is 1. The van der Waals surface area contributed by atoms with Crippen LogP contribution in [0.4, 0.5) is 5.82 Å². The third-order valence-electron chi connectivity index (χ3n) is 2.44. The lowest BCUT2D eigenvalue weighted by Gasteiger charge is -2.18. The average molecular weight is 178 g/mol. The van der Waals surface area contributed by atoms with E-state index in [1.165, 1.54) is 5.56 Å². The monoisotopic (exact) mass is 178 g/mol. The van der Waals surface area contributed by atoms with Gasteiger partial charge in [0.2, 0.25) is 0 Å². The number of aliphatic hydroxyl groups is 1. The normalized spacial score (nSPS) is 22.3. The second-order valence-corrected chi connectivity index (χ2v) is 3.53. The molecule has 0 spiro atoms. The highest BCUT2D eigenvalue weighted by Gasteiger charge is 2.21. The molecule has 0 amide bonds. The van der Waals surface area contributed by atoms with Crippen LogP contribution in [-0.2, 0) is 0 Å². The number of pyridine rings is 1. The van der Waals surface area contributed by atoms with E-state index >= 15 is 0 Å². The van der Waals surface area contributed by atoms with Gasteiger partial charge in [0.05, 0.1) is 6.10 Å². The highest BCUT2D eigenvalue weighted by Crippen LogP contribution is 2.20. The molecule has 70 valence electrons. The predicted molar refractivity (Wildman–Crippen MR) is 51.8 cm³/mol. The van der Waals surface area contributed by atoms with Crippen molar-refractivity contribution in [2.45, 2.75) is 19.4 Å². The van der Waals surface area contributed by atoms with E-state index < -0.39 is 0 Å². The summed E-state index contributed by atoms with van der Waals surface area (Å²) < 4.78 is 0. The Labute approximate surface area is 78.0 Å². The molecule has 2 heterocycles. The summed E-state index contributed by atoms with van der Waals surface area (Å²) in [6.45, 7) is 3.68. The van der Waals surface area contributed by atoms with E-state index in [2.05, 4.69) is 9.88 Å². The molecule has 1 atom stereocenters. The van der Waals surface area contributed by atoms with E-state index in [0.717, 1.165) is 25.3 Å². The molecule has 0 saturated carbocycles. The van der Waals surface area contributed by atoms with Gasteiger partial charge in [-0.25, -0.2) is 4.98 Å². The fourth-order valence-electron chi connectivity index (χ4n) is 1.74. The number of hydrogen-bond acceptors (Lipinski definition) is 3. The highest BCUT2D eigenvalue weighted by atomic mass is 16.3. The van der Waals surface area contributed by atoms with Gasteiger partial charge in [-0.2, -0.15) is 0 Å². The van der Waals surface area contributed by atoms with Crippen LogP contribution in [0.2, 0.25) is 0 Å². The molecule has 1 aromatic heterocycles. The molecule has 13 heavy (non-hydrogen) atoms. The van der Waals surface area contributed by atoms with Crippen LogP contribution < -0.4 is 4.90 Å². The van der Waals surface area contributed by atoms with Crippen LogP contribution in [0.5, 0.6) is 0 Å². The molecule has 1 N–H and O–H groups in total. The standard InChI is InChI=1S/C10H14N2O/c1-8-3-2-5-11-10(8)12-6-4-9(13)7-12/h2-3,5,9,13H,4,6-7H2,1H3/t9-/m0/s1. The highest BCUT2D eigenvalue weighted by molar-refractivity contribution is 5.46. The second-order valence-electron chi connectivity index (χ2n) is 3.53. The minimum absolute atomic E-state index is 0.179. The first-order valence-electron chi connectivity index (χ1n) is 4.62. The maximum absolute atomic E-state index is 9.38. The van der Waals surface area contributed by atoms with Crippen molar-refractivity contribution in [2.24, 2.45) is 0 Å². The summed E-state index contributed by atoms with van der Waals surface area (Å²) >= 11 is 0. The summed E-state index contributed by atoms with van der Waals surface area (Å²) in [5.41, 5.74) is 1.18. The third-order valence-corrected chi connectivity index (χ3v) is 2.44. The molecule has 1 aromatic rings. The Morgan fingerprint density at radius 2 is 2.46 bits per heavy atom. The first-order valence-corrected chi connectivity index (χ1v) is 4.62. The van der Waals surface area contributed by atoms with Gasteiger partial charge in [0.1, 0.15) is 5.82 Å². The Morgan fingerprint density at radius 1 is 1.62 bits per heavy atom. The summed E-state index contributed by atoms with van der Waals surface area (Å²) in [7, 11) is 0. The fourth-order valence-corrected chi connectivity index (χ4v) is 1.74. The van der Waals surface area contributed by atoms with Crippen LogP contribution in [0.1, 0.15) is 12.0 Å². The minimum Gasteiger partial charge on any atom is -0.391 e. The van der Waals surface area contributed by atoms with Crippen molar-refractivity contribution in [3.8, 4) is 0 Å². The molecular formula is C10H14N2O. The van der Waals surface area contributed by atoms with Crippen LogP contribution in [0.25, 0.3) is 0 Å². The van der Waals surface area contributed by atoms with Crippen molar-refractivity contribution in [3.63, 3.8) is 0 Å². The van der Waals surface area contributed by atoms with E-state index in [9.17, 15) is 5.11 Å². The van der Waals surface area contributed by atoms with E-state index in [-0.39, 0.29) is 6.10 Å². The van der Waals surface area contributed by atoms with Crippen molar-refractivity contribution in [3.05, 3.63) is 23.9 Å². The number of hydrogen-bond donors (Lipinski definition) is 1. The van der Waals surface area contributed by atoms with Gasteiger partial charge in [0.15, 0.2) is 0 Å². The number of aromatic nitrogens is 1. The molecular weight excluding hydrogens is 164 g/mol. The van der Waals surface area contributed by atoms with Crippen LogP contribution in [0.15, 0.2) is 18.3 Å². The van der Waals surface area contributed by atoms with E-state index in [4.69, 9.17) is 0 Å². The van der Waals surface area contributed by atoms with Gasteiger partial charge in [-0.3, -0.25) is 0 Å². The Morgan fingerprint density at radius 3 is 3.08 bits per heavy atom. The molecule has 3 heteroatoms. The van der Waals surface area contributed by atoms with E-state index in [1.54, 1.807) is 6.20 Å². The summed E-state index contributed by atoms with van der Waals surface area (Å²) in [6, 6.07) is 3.98. The smallest absolute Gasteiger partial charge is 0.131 e. The first kappa shape index (κ1) is 8.51. The zero-order chi connectivity index (χ0) is 9.26. The Balaban J connectivity index is 2.21. The van der Waals surface area contributed by atoms with Gasteiger partial charge in [-0.05, 0) is 25.0 Å². The summed E-state index contributed by atoms with van der Waals surface area (Å²) in [5.74, 6) is 1.01. The lowest BCUT2D eigenvalue weighted by molar-refractivity contribution is 0.198. The van der Waals surface area contributed by atoms with Crippen molar-refractivity contribution in [2.75, 3.05) is 18.0 Å². The van der Waals surface area contributed by atoms with Crippen LogP contribution in [0.3, 0.4) is 0 Å². The van der Waals surface area contributed by atoms with Crippen LogP contribution >= 0.6 is 0 Å². The van der Waals surface area contributed by atoms with Crippen molar-refractivity contribution >= 4 is 5.82 Å². The van der Waals surface area contributed by atoms with Crippen LogP contribution in [0, 0.1) is 6.92 Å². The number of aryl methyl sites for hydroxylation is 1. The number of β-amino-alcohol motifs (C(OH)–C–C–N with tert-alkyl or cyclic N) is 1. The Bertz CT molecular complexity index is 301. The quantitative estimate of drug-likeness (QED) is 0.696. The Hall–Kier alpha value is -1.09. The molecule has 0 bridgehead atoms. The Kier molecular flexibility index (Phi) is 2.19.